The highest BCUT2D eigenvalue weighted by Crippen LogP contribution is 2.35. The standard InChI is InChI=1S/C22H18N2O4.C2H6/c25-22(28-19-12-10-18(11-13-19)24(26)27)23-15-14-16-6-4-5-9-20(16)21(23)17-7-2-1-3-8-17;1-2/h1-13,21H,14-15H2;1-2H3. The molecule has 0 saturated carbocycles. The quantitative estimate of drug-likeness (QED) is 0.410. The third kappa shape index (κ3) is 4.49. The molecule has 6 nitrogen and oxygen atoms in total. The van der Waals surface area contributed by atoms with Gasteiger partial charge in [-0.1, -0.05) is 68.4 Å². The van der Waals surface area contributed by atoms with E-state index in [1.807, 2.05) is 62.4 Å². The Labute approximate surface area is 175 Å². The fourth-order valence-electron chi connectivity index (χ4n) is 3.55. The van der Waals surface area contributed by atoms with E-state index in [1.165, 1.54) is 29.8 Å². The number of hydrogen-bond donors (Lipinski definition) is 0. The number of non-ortho nitro benzene ring substituents is 1. The molecule has 1 aliphatic rings. The van der Waals surface area contributed by atoms with Crippen LogP contribution in [0.5, 0.6) is 5.75 Å². The highest BCUT2D eigenvalue weighted by Gasteiger charge is 2.33. The van der Waals surface area contributed by atoms with Crippen LogP contribution in [-0.4, -0.2) is 22.5 Å². The summed E-state index contributed by atoms with van der Waals surface area (Å²) in [6.45, 7) is 4.53. The SMILES string of the molecule is CC.O=C(Oc1ccc([N+](=O)[O-])cc1)N1CCc2ccccc2C1c1ccccc1. The molecule has 0 radical (unpaired) electrons. The van der Waals surface area contributed by atoms with Crippen LogP contribution < -0.4 is 4.74 Å². The van der Waals surface area contributed by atoms with Crippen LogP contribution in [-0.2, 0) is 6.42 Å². The summed E-state index contributed by atoms with van der Waals surface area (Å²) in [5.74, 6) is 0.279. The Morgan fingerprint density at radius 2 is 1.60 bits per heavy atom. The molecular formula is C24H24N2O4. The number of nitro groups is 1. The second-order valence-corrected chi connectivity index (χ2v) is 6.57. The first-order valence-electron chi connectivity index (χ1n) is 9.99. The first-order valence-corrected chi connectivity index (χ1v) is 9.99. The number of hydrogen-bond acceptors (Lipinski definition) is 4. The summed E-state index contributed by atoms with van der Waals surface area (Å²) in [5.41, 5.74) is 3.26. The maximum Gasteiger partial charge on any atom is 0.416 e. The van der Waals surface area contributed by atoms with Crippen molar-refractivity contribution in [3.05, 3.63) is 106 Å². The molecule has 6 heteroatoms. The average molecular weight is 404 g/mol. The molecule has 0 fully saturated rings. The number of fused-ring (bicyclic) bond motifs is 1. The van der Waals surface area contributed by atoms with Gasteiger partial charge in [0.05, 0.1) is 11.0 Å². The zero-order valence-electron chi connectivity index (χ0n) is 17.0. The Bertz CT molecular complexity index is 1000. The highest BCUT2D eigenvalue weighted by molar-refractivity contribution is 5.73. The van der Waals surface area contributed by atoms with Crippen LogP contribution in [0.1, 0.15) is 36.6 Å². The van der Waals surface area contributed by atoms with Gasteiger partial charge in [0.25, 0.3) is 5.69 Å². The van der Waals surface area contributed by atoms with E-state index in [2.05, 4.69) is 6.07 Å². The molecule has 0 aromatic heterocycles. The van der Waals surface area contributed by atoms with E-state index >= 15 is 0 Å². The number of rotatable bonds is 3. The molecule has 1 aliphatic heterocycles. The topological polar surface area (TPSA) is 72.7 Å². The van der Waals surface area contributed by atoms with Gasteiger partial charge in [-0.15, -0.1) is 0 Å². The van der Waals surface area contributed by atoms with E-state index < -0.39 is 11.0 Å². The Hall–Kier alpha value is -3.67. The molecule has 3 aromatic rings. The van der Waals surface area contributed by atoms with Gasteiger partial charge in [-0.3, -0.25) is 15.0 Å². The van der Waals surface area contributed by atoms with Gasteiger partial charge in [-0.05, 0) is 35.2 Å². The smallest absolute Gasteiger partial charge is 0.410 e. The number of benzene rings is 3. The molecule has 1 amide bonds. The van der Waals surface area contributed by atoms with Crippen molar-refractivity contribution in [2.45, 2.75) is 26.3 Å². The monoisotopic (exact) mass is 404 g/mol. The molecule has 0 bridgehead atoms. The fraction of sp³-hybridized carbons (Fsp3) is 0.208. The van der Waals surface area contributed by atoms with Crippen molar-refractivity contribution in [3.8, 4) is 5.75 Å². The van der Waals surface area contributed by atoms with Crippen molar-refractivity contribution < 1.29 is 14.5 Å². The van der Waals surface area contributed by atoms with E-state index in [1.54, 1.807) is 4.90 Å². The Morgan fingerprint density at radius 1 is 0.967 bits per heavy atom. The minimum absolute atomic E-state index is 0.0474. The molecule has 1 unspecified atom stereocenters. The fourth-order valence-corrected chi connectivity index (χ4v) is 3.55. The Kier molecular flexibility index (Phi) is 6.80. The summed E-state index contributed by atoms with van der Waals surface area (Å²) in [5, 5.41) is 10.8. The van der Waals surface area contributed by atoms with Gasteiger partial charge in [0.15, 0.2) is 0 Å². The summed E-state index contributed by atoms with van der Waals surface area (Å²) < 4.78 is 5.52. The van der Waals surface area contributed by atoms with Crippen molar-refractivity contribution in [1.29, 1.82) is 0 Å². The molecule has 3 aromatic carbocycles. The maximum atomic E-state index is 12.9. The molecule has 154 valence electrons. The van der Waals surface area contributed by atoms with Gasteiger partial charge in [-0.2, -0.15) is 0 Å². The van der Waals surface area contributed by atoms with E-state index in [0.717, 1.165) is 17.5 Å². The third-order valence-corrected chi connectivity index (χ3v) is 4.89. The van der Waals surface area contributed by atoms with Crippen LogP contribution in [0.2, 0.25) is 0 Å². The minimum atomic E-state index is -0.487. The lowest BCUT2D eigenvalue weighted by Crippen LogP contribution is -2.42. The van der Waals surface area contributed by atoms with Crippen LogP contribution in [0, 0.1) is 10.1 Å². The molecule has 0 spiro atoms. The number of carbonyl (C=O) groups excluding carboxylic acids is 1. The van der Waals surface area contributed by atoms with Crippen LogP contribution in [0.25, 0.3) is 0 Å². The second kappa shape index (κ2) is 9.69. The number of nitro benzene ring substituents is 1. The van der Waals surface area contributed by atoms with Gasteiger partial charge in [0.2, 0.25) is 0 Å². The predicted octanol–water partition coefficient (Wildman–Crippen LogP) is 5.77. The predicted molar refractivity (Wildman–Crippen MR) is 116 cm³/mol. The average Bonchev–Trinajstić information content (AvgIpc) is 2.80. The van der Waals surface area contributed by atoms with Crippen molar-refractivity contribution >= 4 is 11.8 Å². The van der Waals surface area contributed by atoms with Crippen LogP contribution >= 0.6 is 0 Å². The zero-order chi connectivity index (χ0) is 21.5. The van der Waals surface area contributed by atoms with E-state index in [0.29, 0.717) is 6.54 Å². The Morgan fingerprint density at radius 3 is 2.27 bits per heavy atom. The van der Waals surface area contributed by atoms with Gasteiger partial charge in [0.1, 0.15) is 5.75 Å². The van der Waals surface area contributed by atoms with Gasteiger partial charge < -0.3 is 4.74 Å². The van der Waals surface area contributed by atoms with Crippen LogP contribution in [0.3, 0.4) is 0 Å². The third-order valence-electron chi connectivity index (χ3n) is 4.89. The van der Waals surface area contributed by atoms with Crippen molar-refractivity contribution in [3.63, 3.8) is 0 Å². The summed E-state index contributed by atoms with van der Waals surface area (Å²) in [7, 11) is 0. The molecule has 1 atom stereocenters. The molecule has 1 heterocycles. The number of nitrogens with zero attached hydrogens (tertiary/aromatic N) is 2. The lowest BCUT2D eigenvalue weighted by molar-refractivity contribution is -0.384. The zero-order valence-corrected chi connectivity index (χ0v) is 17.0. The van der Waals surface area contributed by atoms with Crippen molar-refractivity contribution in [2.75, 3.05) is 6.54 Å². The molecule has 4 rings (SSSR count). The molecule has 0 aliphatic carbocycles. The molecule has 30 heavy (non-hydrogen) atoms. The summed E-state index contributed by atoms with van der Waals surface area (Å²) in [4.78, 5) is 25.0. The number of ether oxygens (including phenoxy) is 1. The van der Waals surface area contributed by atoms with Gasteiger partial charge >= 0.3 is 6.09 Å². The molecule has 0 saturated heterocycles. The van der Waals surface area contributed by atoms with Crippen molar-refractivity contribution in [2.24, 2.45) is 0 Å². The van der Waals surface area contributed by atoms with Gasteiger partial charge in [-0.25, -0.2) is 4.79 Å². The van der Waals surface area contributed by atoms with E-state index in [-0.39, 0.29) is 17.5 Å². The number of carbonyl (C=O) groups is 1. The first-order chi connectivity index (χ1) is 14.6. The first kappa shape index (κ1) is 21.0. The summed E-state index contributed by atoms with van der Waals surface area (Å²) >= 11 is 0. The largest absolute Gasteiger partial charge is 0.416 e. The lowest BCUT2D eigenvalue weighted by atomic mass is 9.88. The molecule has 0 N–H and O–H groups in total. The summed E-state index contributed by atoms with van der Waals surface area (Å²) in [6.07, 6.45) is 0.270. The van der Waals surface area contributed by atoms with Crippen LogP contribution in [0.4, 0.5) is 10.5 Å². The van der Waals surface area contributed by atoms with E-state index in [4.69, 9.17) is 4.74 Å². The number of amides is 1. The Balaban J connectivity index is 0.00000124. The second-order valence-electron chi connectivity index (χ2n) is 6.57. The summed E-state index contributed by atoms with van der Waals surface area (Å²) in [6, 6.07) is 23.2. The van der Waals surface area contributed by atoms with Crippen molar-refractivity contribution in [1.82, 2.24) is 4.90 Å². The van der Waals surface area contributed by atoms with E-state index in [9.17, 15) is 14.9 Å². The minimum Gasteiger partial charge on any atom is -0.410 e. The highest BCUT2D eigenvalue weighted by atomic mass is 16.6. The lowest BCUT2D eigenvalue weighted by Gasteiger charge is -2.36. The normalized spacial score (nSPS) is 14.7. The molecular weight excluding hydrogens is 380 g/mol. The maximum absolute atomic E-state index is 12.9. The van der Waals surface area contributed by atoms with Gasteiger partial charge in [0, 0.05) is 18.7 Å². The van der Waals surface area contributed by atoms with Crippen LogP contribution in [0.15, 0.2) is 78.9 Å².